The van der Waals surface area contributed by atoms with Crippen molar-refractivity contribution in [2.24, 2.45) is 0 Å². The number of nitrogens with zero attached hydrogens (tertiary/aromatic N) is 4. The van der Waals surface area contributed by atoms with Gasteiger partial charge in [0.25, 0.3) is 0 Å². The second-order valence-corrected chi connectivity index (χ2v) is 7.28. The highest BCUT2D eigenvalue weighted by atomic mass is 32.1. The van der Waals surface area contributed by atoms with E-state index >= 15 is 0 Å². The number of thiophene rings is 1. The van der Waals surface area contributed by atoms with Gasteiger partial charge in [0.2, 0.25) is 0 Å². The molecule has 1 N–H and O–H groups in total. The van der Waals surface area contributed by atoms with Gasteiger partial charge in [-0.1, -0.05) is 6.07 Å². The van der Waals surface area contributed by atoms with Crippen LogP contribution in [0.4, 0.5) is 10.5 Å². The summed E-state index contributed by atoms with van der Waals surface area (Å²) in [6.07, 6.45) is 5.41. The van der Waals surface area contributed by atoms with E-state index in [4.69, 9.17) is 4.74 Å². The van der Waals surface area contributed by atoms with Crippen LogP contribution in [0.2, 0.25) is 0 Å². The number of urea groups is 1. The predicted molar refractivity (Wildman–Crippen MR) is 104 cm³/mol. The summed E-state index contributed by atoms with van der Waals surface area (Å²) in [5, 5.41) is 14.8. The molecule has 1 atom stereocenters. The second kappa shape index (κ2) is 8.32. The summed E-state index contributed by atoms with van der Waals surface area (Å²) in [5.41, 5.74) is 2.75. The minimum atomic E-state index is -0.127. The van der Waals surface area contributed by atoms with Crippen molar-refractivity contribution < 1.29 is 9.53 Å². The van der Waals surface area contributed by atoms with E-state index < -0.39 is 0 Å². The number of rotatable bonds is 6. The molecule has 0 bridgehead atoms. The Morgan fingerprint density at radius 3 is 2.96 bits per heavy atom. The normalized spacial score (nSPS) is 16.4. The molecule has 1 saturated heterocycles. The molecule has 1 aliphatic rings. The third-order valence-corrected chi connectivity index (χ3v) is 5.24. The summed E-state index contributed by atoms with van der Waals surface area (Å²) in [6, 6.07) is 9.53. The van der Waals surface area contributed by atoms with Crippen LogP contribution in [0.3, 0.4) is 0 Å². The van der Waals surface area contributed by atoms with Gasteiger partial charge in [0, 0.05) is 25.4 Å². The number of hydrogen-bond acceptors (Lipinski definition) is 5. The van der Waals surface area contributed by atoms with Crippen LogP contribution in [0.1, 0.15) is 18.4 Å². The molecule has 0 unspecified atom stereocenters. The monoisotopic (exact) mass is 383 g/mol. The molecular weight excluding hydrogens is 362 g/mol. The standard InChI is InChI=1S/C19H21N5O2S/c25-19(22-16-3-1-4-17(9-16)24-13-20-21-14-24)23(10-15-6-8-27-12-15)11-18-5-2-7-26-18/h1,3-4,6,8-9,12-14,18H,2,5,7,10-11H2,(H,22,25)/t18-/m1/s1. The minimum absolute atomic E-state index is 0.109. The molecule has 3 aromatic rings. The average molecular weight is 383 g/mol. The number of nitrogens with one attached hydrogen (secondary N) is 1. The van der Waals surface area contributed by atoms with Gasteiger partial charge < -0.3 is 15.0 Å². The van der Waals surface area contributed by atoms with Crippen molar-refractivity contribution in [2.45, 2.75) is 25.5 Å². The van der Waals surface area contributed by atoms with Crippen molar-refractivity contribution in [2.75, 3.05) is 18.5 Å². The van der Waals surface area contributed by atoms with Crippen molar-refractivity contribution in [3.63, 3.8) is 0 Å². The largest absolute Gasteiger partial charge is 0.376 e. The number of ether oxygens (including phenoxy) is 1. The van der Waals surface area contributed by atoms with Crippen molar-refractivity contribution in [3.8, 4) is 5.69 Å². The SMILES string of the molecule is O=C(Nc1cccc(-n2cnnc2)c1)N(Cc1ccsc1)C[C@H]1CCCO1. The molecule has 4 rings (SSSR count). The van der Waals surface area contributed by atoms with Crippen LogP contribution in [0.15, 0.2) is 53.7 Å². The van der Waals surface area contributed by atoms with Gasteiger partial charge in [-0.3, -0.25) is 4.57 Å². The van der Waals surface area contributed by atoms with Gasteiger partial charge >= 0.3 is 6.03 Å². The molecule has 0 aliphatic carbocycles. The molecule has 0 saturated carbocycles. The number of benzene rings is 1. The number of hydrogen-bond donors (Lipinski definition) is 1. The van der Waals surface area contributed by atoms with E-state index in [-0.39, 0.29) is 12.1 Å². The maximum absolute atomic E-state index is 13.0. The van der Waals surface area contributed by atoms with E-state index in [1.165, 1.54) is 0 Å². The summed E-state index contributed by atoms with van der Waals surface area (Å²) in [5.74, 6) is 0. The highest BCUT2D eigenvalue weighted by Crippen LogP contribution is 2.19. The van der Waals surface area contributed by atoms with Gasteiger partial charge in [0.15, 0.2) is 0 Å². The first-order valence-corrected chi connectivity index (χ1v) is 9.86. The molecule has 1 aliphatic heterocycles. The molecule has 0 spiro atoms. The van der Waals surface area contributed by atoms with Crippen LogP contribution >= 0.6 is 11.3 Å². The fourth-order valence-electron chi connectivity index (χ4n) is 3.14. The number of carbonyl (C=O) groups is 1. The third kappa shape index (κ3) is 4.53. The molecule has 140 valence electrons. The molecule has 1 fully saturated rings. The van der Waals surface area contributed by atoms with Crippen molar-refractivity contribution in [1.29, 1.82) is 0 Å². The van der Waals surface area contributed by atoms with Crippen LogP contribution in [-0.4, -0.2) is 45.0 Å². The van der Waals surface area contributed by atoms with Crippen LogP contribution in [0.5, 0.6) is 0 Å². The van der Waals surface area contributed by atoms with Gasteiger partial charge in [-0.2, -0.15) is 11.3 Å². The van der Waals surface area contributed by atoms with Crippen LogP contribution in [-0.2, 0) is 11.3 Å². The Morgan fingerprint density at radius 2 is 2.22 bits per heavy atom. The molecule has 2 amide bonds. The Hall–Kier alpha value is -2.71. The average Bonchev–Trinajstić information content (AvgIpc) is 3.45. The number of carbonyl (C=O) groups excluding carboxylic acids is 1. The van der Waals surface area contributed by atoms with Crippen LogP contribution in [0.25, 0.3) is 5.69 Å². The number of anilines is 1. The van der Waals surface area contributed by atoms with E-state index in [9.17, 15) is 4.79 Å². The smallest absolute Gasteiger partial charge is 0.322 e. The zero-order valence-corrected chi connectivity index (χ0v) is 15.6. The Labute approximate surface area is 161 Å². The summed E-state index contributed by atoms with van der Waals surface area (Å²) < 4.78 is 7.53. The van der Waals surface area contributed by atoms with E-state index in [0.717, 1.165) is 36.4 Å². The first kappa shape index (κ1) is 17.7. The summed E-state index contributed by atoms with van der Waals surface area (Å²) in [6.45, 7) is 1.94. The lowest BCUT2D eigenvalue weighted by Gasteiger charge is -2.25. The van der Waals surface area contributed by atoms with Gasteiger partial charge in [-0.25, -0.2) is 4.79 Å². The molecule has 8 heteroatoms. The Morgan fingerprint density at radius 1 is 1.33 bits per heavy atom. The maximum atomic E-state index is 13.0. The maximum Gasteiger partial charge on any atom is 0.322 e. The summed E-state index contributed by atoms with van der Waals surface area (Å²) >= 11 is 1.64. The molecule has 27 heavy (non-hydrogen) atoms. The second-order valence-electron chi connectivity index (χ2n) is 6.50. The van der Waals surface area contributed by atoms with Crippen molar-refractivity contribution >= 4 is 23.1 Å². The zero-order chi connectivity index (χ0) is 18.5. The van der Waals surface area contributed by atoms with Gasteiger partial charge in [0.1, 0.15) is 12.7 Å². The van der Waals surface area contributed by atoms with Gasteiger partial charge in [0.05, 0.1) is 11.8 Å². The lowest BCUT2D eigenvalue weighted by atomic mass is 10.2. The first-order valence-electron chi connectivity index (χ1n) is 8.91. The Balaban J connectivity index is 1.48. The highest BCUT2D eigenvalue weighted by Gasteiger charge is 2.23. The summed E-state index contributed by atoms with van der Waals surface area (Å²) in [4.78, 5) is 14.8. The first-order chi connectivity index (χ1) is 13.3. The minimum Gasteiger partial charge on any atom is -0.376 e. The lowest BCUT2D eigenvalue weighted by Crippen LogP contribution is -2.39. The molecular formula is C19H21N5O2S. The van der Waals surface area contributed by atoms with Crippen LogP contribution < -0.4 is 5.32 Å². The topological polar surface area (TPSA) is 72.3 Å². The van der Waals surface area contributed by atoms with Gasteiger partial charge in [-0.05, 0) is 53.4 Å². The molecule has 1 aromatic carbocycles. The van der Waals surface area contributed by atoms with Crippen molar-refractivity contribution in [1.82, 2.24) is 19.7 Å². The highest BCUT2D eigenvalue weighted by molar-refractivity contribution is 7.07. The summed E-state index contributed by atoms with van der Waals surface area (Å²) in [7, 11) is 0. The van der Waals surface area contributed by atoms with Crippen LogP contribution in [0, 0.1) is 0 Å². The van der Waals surface area contributed by atoms with E-state index in [2.05, 4.69) is 20.9 Å². The Bertz CT molecular complexity index is 860. The fraction of sp³-hybridized carbons (Fsp3) is 0.316. The fourth-order valence-corrected chi connectivity index (χ4v) is 3.80. The number of aromatic nitrogens is 3. The van der Waals surface area contributed by atoms with Crippen molar-refractivity contribution in [3.05, 3.63) is 59.3 Å². The molecule has 0 radical (unpaired) electrons. The molecule has 3 heterocycles. The Kier molecular flexibility index (Phi) is 5.45. The third-order valence-electron chi connectivity index (χ3n) is 4.50. The quantitative estimate of drug-likeness (QED) is 0.707. The molecule has 7 nitrogen and oxygen atoms in total. The molecule has 2 aromatic heterocycles. The van der Waals surface area contributed by atoms with Gasteiger partial charge in [-0.15, -0.1) is 10.2 Å². The predicted octanol–water partition coefficient (Wildman–Crippen LogP) is 3.54. The zero-order valence-electron chi connectivity index (χ0n) is 14.8. The lowest BCUT2D eigenvalue weighted by molar-refractivity contribution is 0.0819. The van der Waals surface area contributed by atoms with E-state index in [0.29, 0.717) is 13.1 Å². The van der Waals surface area contributed by atoms with E-state index in [1.807, 2.05) is 40.6 Å². The number of amides is 2. The van der Waals surface area contributed by atoms with E-state index in [1.54, 1.807) is 28.6 Å².